The van der Waals surface area contributed by atoms with Crippen molar-refractivity contribution in [2.24, 2.45) is 5.92 Å². The average Bonchev–Trinajstić information content (AvgIpc) is 3.09. The van der Waals surface area contributed by atoms with Crippen molar-refractivity contribution < 1.29 is 23.8 Å². The van der Waals surface area contributed by atoms with Crippen molar-refractivity contribution >= 4 is 11.9 Å². The zero-order chi connectivity index (χ0) is 18.7. The van der Waals surface area contributed by atoms with E-state index in [0.29, 0.717) is 17.9 Å². The number of likely N-dealkylation sites (tertiary alicyclic amines) is 1. The van der Waals surface area contributed by atoms with Crippen molar-refractivity contribution in [2.75, 3.05) is 20.2 Å². The van der Waals surface area contributed by atoms with Crippen molar-refractivity contribution in [2.45, 2.75) is 12.3 Å². The number of carbonyl (C=O) groups excluding carboxylic acids is 1. The normalized spacial score (nSPS) is 19.4. The summed E-state index contributed by atoms with van der Waals surface area (Å²) in [5, 5.41) is 9.56. The summed E-state index contributed by atoms with van der Waals surface area (Å²) in [5.41, 5.74) is 1.16. The summed E-state index contributed by atoms with van der Waals surface area (Å²) in [4.78, 5) is 25.7. The van der Waals surface area contributed by atoms with Gasteiger partial charge >= 0.3 is 5.97 Å². The maximum Gasteiger partial charge on any atom is 0.308 e. The van der Waals surface area contributed by atoms with E-state index in [4.69, 9.17) is 4.74 Å². The van der Waals surface area contributed by atoms with Gasteiger partial charge in [-0.15, -0.1) is 0 Å². The SMILES string of the molecule is COc1ccc([C@@H]2CN(C(=O)Cc3ccccc3F)C[C@H]2C(=O)O)cc1. The van der Waals surface area contributed by atoms with Crippen LogP contribution in [0.4, 0.5) is 4.39 Å². The largest absolute Gasteiger partial charge is 0.497 e. The van der Waals surface area contributed by atoms with E-state index < -0.39 is 17.7 Å². The molecule has 1 aliphatic heterocycles. The highest BCUT2D eigenvalue weighted by Crippen LogP contribution is 2.34. The van der Waals surface area contributed by atoms with Crippen LogP contribution < -0.4 is 4.74 Å². The molecule has 5 nitrogen and oxygen atoms in total. The Morgan fingerprint density at radius 3 is 2.46 bits per heavy atom. The van der Waals surface area contributed by atoms with Crippen LogP contribution in [-0.4, -0.2) is 42.1 Å². The Balaban J connectivity index is 1.77. The number of amides is 1. The zero-order valence-corrected chi connectivity index (χ0v) is 14.4. The lowest BCUT2D eigenvalue weighted by atomic mass is 9.89. The Morgan fingerprint density at radius 1 is 1.15 bits per heavy atom. The molecular weight excluding hydrogens is 337 g/mol. The van der Waals surface area contributed by atoms with Gasteiger partial charge in [-0.2, -0.15) is 0 Å². The van der Waals surface area contributed by atoms with E-state index in [0.717, 1.165) is 5.56 Å². The number of carboxylic acids is 1. The molecule has 0 saturated carbocycles. The van der Waals surface area contributed by atoms with Crippen LogP contribution in [0, 0.1) is 11.7 Å². The van der Waals surface area contributed by atoms with Crippen LogP contribution in [0.2, 0.25) is 0 Å². The first-order chi connectivity index (χ1) is 12.5. The van der Waals surface area contributed by atoms with Gasteiger partial charge in [-0.05, 0) is 29.3 Å². The lowest BCUT2D eigenvalue weighted by Crippen LogP contribution is -2.31. The number of carbonyl (C=O) groups is 2. The molecule has 1 fully saturated rings. The lowest BCUT2D eigenvalue weighted by Gasteiger charge is -2.17. The molecule has 6 heteroatoms. The second kappa shape index (κ2) is 7.56. The van der Waals surface area contributed by atoms with E-state index >= 15 is 0 Å². The predicted molar refractivity (Wildman–Crippen MR) is 93.5 cm³/mol. The second-order valence-electron chi connectivity index (χ2n) is 6.39. The number of rotatable bonds is 5. The summed E-state index contributed by atoms with van der Waals surface area (Å²) < 4.78 is 18.9. The topological polar surface area (TPSA) is 66.8 Å². The van der Waals surface area contributed by atoms with E-state index in [9.17, 15) is 19.1 Å². The van der Waals surface area contributed by atoms with E-state index in [1.807, 2.05) is 12.1 Å². The molecular formula is C20H20FNO4. The number of hydrogen-bond acceptors (Lipinski definition) is 3. The Bertz CT molecular complexity index is 806. The summed E-state index contributed by atoms with van der Waals surface area (Å²) in [6.45, 7) is 0.426. The van der Waals surface area contributed by atoms with E-state index in [1.165, 1.54) is 11.0 Å². The molecule has 3 rings (SSSR count). The number of carboxylic acid groups (broad SMARTS) is 1. The summed E-state index contributed by atoms with van der Waals surface area (Å²) in [6.07, 6.45) is -0.0751. The molecule has 1 saturated heterocycles. The first-order valence-corrected chi connectivity index (χ1v) is 8.37. The molecule has 2 aromatic rings. The number of benzene rings is 2. The van der Waals surface area contributed by atoms with Crippen molar-refractivity contribution in [1.29, 1.82) is 0 Å². The molecule has 1 heterocycles. The van der Waals surface area contributed by atoms with Gasteiger partial charge in [0.1, 0.15) is 11.6 Å². The van der Waals surface area contributed by atoms with Crippen LogP contribution in [0.1, 0.15) is 17.0 Å². The minimum Gasteiger partial charge on any atom is -0.497 e. The molecule has 2 aromatic carbocycles. The van der Waals surface area contributed by atoms with Crippen molar-refractivity contribution in [3.63, 3.8) is 0 Å². The van der Waals surface area contributed by atoms with Crippen LogP contribution in [0.5, 0.6) is 5.75 Å². The Hall–Kier alpha value is -2.89. The standard InChI is InChI=1S/C20H20FNO4/c1-26-15-8-6-13(7-9-15)16-11-22(12-17(16)20(24)25)19(23)10-14-4-2-3-5-18(14)21/h2-9,16-17H,10-12H2,1H3,(H,24,25)/t16-,17+/m0/s1. The highest BCUT2D eigenvalue weighted by molar-refractivity contribution is 5.81. The smallest absolute Gasteiger partial charge is 0.308 e. The number of halogens is 1. The number of nitrogens with zero attached hydrogens (tertiary/aromatic N) is 1. The van der Waals surface area contributed by atoms with Gasteiger partial charge in [0.15, 0.2) is 0 Å². The van der Waals surface area contributed by atoms with Gasteiger partial charge in [-0.25, -0.2) is 4.39 Å². The number of ether oxygens (including phenoxy) is 1. The van der Waals surface area contributed by atoms with E-state index in [2.05, 4.69) is 0 Å². The van der Waals surface area contributed by atoms with E-state index in [-0.39, 0.29) is 24.8 Å². The van der Waals surface area contributed by atoms with Gasteiger partial charge in [0, 0.05) is 19.0 Å². The summed E-state index contributed by atoms with van der Waals surface area (Å²) in [5.74, 6) is -1.94. The van der Waals surface area contributed by atoms with Crippen LogP contribution in [0.25, 0.3) is 0 Å². The summed E-state index contributed by atoms with van der Waals surface area (Å²) in [7, 11) is 1.56. The molecule has 0 radical (unpaired) electrons. The third-order valence-corrected chi connectivity index (χ3v) is 4.83. The van der Waals surface area contributed by atoms with Gasteiger partial charge in [-0.3, -0.25) is 9.59 Å². The number of hydrogen-bond donors (Lipinski definition) is 1. The van der Waals surface area contributed by atoms with Crippen LogP contribution in [0.3, 0.4) is 0 Å². The third kappa shape index (κ3) is 3.69. The fraction of sp³-hybridized carbons (Fsp3) is 0.300. The summed E-state index contributed by atoms with van der Waals surface area (Å²) >= 11 is 0. The minimum atomic E-state index is -0.938. The monoisotopic (exact) mass is 357 g/mol. The molecule has 1 amide bonds. The molecule has 0 aromatic heterocycles. The van der Waals surface area contributed by atoms with E-state index in [1.54, 1.807) is 37.4 Å². The van der Waals surface area contributed by atoms with Gasteiger partial charge in [0.05, 0.1) is 19.4 Å². The van der Waals surface area contributed by atoms with Crippen LogP contribution >= 0.6 is 0 Å². The first kappa shape index (κ1) is 17.9. The maximum absolute atomic E-state index is 13.8. The van der Waals surface area contributed by atoms with Crippen LogP contribution in [0.15, 0.2) is 48.5 Å². The number of methoxy groups -OCH3 is 1. The predicted octanol–water partition coefficient (Wildman–Crippen LogP) is 2.70. The second-order valence-corrected chi connectivity index (χ2v) is 6.39. The molecule has 0 aliphatic carbocycles. The molecule has 136 valence electrons. The highest BCUT2D eigenvalue weighted by atomic mass is 19.1. The zero-order valence-electron chi connectivity index (χ0n) is 14.4. The third-order valence-electron chi connectivity index (χ3n) is 4.83. The van der Waals surface area contributed by atoms with Gasteiger partial charge < -0.3 is 14.7 Å². The Kier molecular flexibility index (Phi) is 5.21. The van der Waals surface area contributed by atoms with Crippen molar-refractivity contribution in [1.82, 2.24) is 4.90 Å². The minimum absolute atomic E-state index is 0.0751. The van der Waals surface area contributed by atoms with Crippen molar-refractivity contribution in [3.05, 3.63) is 65.5 Å². The molecule has 1 aliphatic rings. The van der Waals surface area contributed by atoms with Crippen molar-refractivity contribution in [3.8, 4) is 5.75 Å². The molecule has 0 bridgehead atoms. The average molecular weight is 357 g/mol. The highest BCUT2D eigenvalue weighted by Gasteiger charge is 2.40. The van der Waals surface area contributed by atoms with Gasteiger partial charge in [0.2, 0.25) is 5.91 Å². The quantitative estimate of drug-likeness (QED) is 0.893. The first-order valence-electron chi connectivity index (χ1n) is 8.37. The van der Waals surface area contributed by atoms with Gasteiger partial charge in [-0.1, -0.05) is 30.3 Å². The molecule has 0 unspecified atom stereocenters. The Morgan fingerprint density at radius 2 is 1.85 bits per heavy atom. The number of aliphatic carboxylic acids is 1. The molecule has 0 spiro atoms. The molecule has 1 N–H and O–H groups in total. The lowest BCUT2D eigenvalue weighted by molar-refractivity contribution is -0.141. The van der Waals surface area contributed by atoms with Gasteiger partial charge in [0.25, 0.3) is 0 Å². The fourth-order valence-corrected chi connectivity index (χ4v) is 3.36. The maximum atomic E-state index is 13.8. The molecule has 26 heavy (non-hydrogen) atoms. The summed E-state index contributed by atoms with van der Waals surface area (Å²) in [6, 6.07) is 13.3. The fourth-order valence-electron chi connectivity index (χ4n) is 3.36. The van der Waals surface area contributed by atoms with Crippen LogP contribution in [-0.2, 0) is 16.0 Å². The Labute approximate surface area is 151 Å². The molecule has 2 atom stereocenters.